The first-order valence-electron chi connectivity index (χ1n) is 5.09. The van der Waals surface area contributed by atoms with E-state index in [-0.39, 0.29) is 27.9 Å². The standard InChI is InChI=1S/C12H8ClFN2O3/c13-8-5-6(1-2-9(8)14)19-11-10(15)7(12(17)18)3-4-16-11/h1-5H,15H2,(H,17,18). The molecule has 3 N–H and O–H groups in total. The van der Waals surface area contributed by atoms with Gasteiger partial charge in [0.1, 0.15) is 17.3 Å². The molecule has 2 aromatic rings. The fraction of sp³-hybridized carbons (Fsp3) is 0. The zero-order chi connectivity index (χ0) is 14.0. The number of rotatable bonds is 3. The average molecular weight is 283 g/mol. The second-order valence-corrected chi connectivity index (χ2v) is 3.97. The molecule has 1 aromatic heterocycles. The van der Waals surface area contributed by atoms with Gasteiger partial charge in [0.25, 0.3) is 0 Å². The monoisotopic (exact) mass is 282 g/mol. The molecule has 0 spiro atoms. The van der Waals surface area contributed by atoms with Gasteiger partial charge < -0.3 is 15.6 Å². The van der Waals surface area contributed by atoms with Crippen LogP contribution in [0, 0.1) is 5.82 Å². The van der Waals surface area contributed by atoms with Gasteiger partial charge in [-0.15, -0.1) is 0 Å². The van der Waals surface area contributed by atoms with Gasteiger partial charge in [0.2, 0.25) is 5.88 Å². The van der Waals surface area contributed by atoms with E-state index in [0.29, 0.717) is 0 Å². The normalized spacial score (nSPS) is 10.2. The summed E-state index contributed by atoms with van der Waals surface area (Å²) in [4.78, 5) is 14.7. The highest BCUT2D eigenvalue weighted by Gasteiger charge is 2.14. The third kappa shape index (κ3) is 2.74. The van der Waals surface area contributed by atoms with Crippen molar-refractivity contribution in [3.63, 3.8) is 0 Å². The summed E-state index contributed by atoms with van der Waals surface area (Å²) in [5.41, 5.74) is 5.38. The van der Waals surface area contributed by atoms with E-state index in [1.165, 1.54) is 24.4 Å². The third-order valence-corrected chi connectivity index (χ3v) is 2.58. The maximum absolute atomic E-state index is 13.0. The Balaban J connectivity index is 2.35. The highest BCUT2D eigenvalue weighted by molar-refractivity contribution is 6.30. The molecule has 0 aliphatic carbocycles. The van der Waals surface area contributed by atoms with Crippen molar-refractivity contribution in [3.05, 3.63) is 46.9 Å². The van der Waals surface area contributed by atoms with Gasteiger partial charge in [-0.2, -0.15) is 0 Å². The zero-order valence-electron chi connectivity index (χ0n) is 9.43. The Morgan fingerprint density at radius 2 is 2.16 bits per heavy atom. The summed E-state index contributed by atoms with van der Waals surface area (Å²) in [6.07, 6.45) is 1.25. The smallest absolute Gasteiger partial charge is 0.338 e. The van der Waals surface area contributed by atoms with Gasteiger partial charge in [-0.3, -0.25) is 0 Å². The SMILES string of the molecule is Nc1c(C(=O)O)ccnc1Oc1ccc(F)c(Cl)c1. The first kappa shape index (κ1) is 13.1. The molecule has 0 amide bonds. The van der Waals surface area contributed by atoms with Crippen LogP contribution in [0.15, 0.2) is 30.5 Å². The lowest BCUT2D eigenvalue weighted by molar-refractivity contribution is 0.0697. The van der Waals surface area contributed by atoms with Crippen LogP contribution in [0.4, 0.5) is 10.1 Å². The van der Waals surface area contributed by atoms with Crippen molar-refractivity contribution < 1.29 is 19.0 Å². The molecule has 0 bridgehead atoms. The molecule has 5 nitrogen and oxygen atoms in total. The molecule has 2 rings (SSSR count). The molecule has 19 heavy (non-hydrogen) atoms. The van der Waals surface area contributed by atoms with Gasteiger partial charge in [-0.25, -0.2) is 14.2 Å². The molecule has 0 aliphatic rings. The van der Waals surface area contributed by atoms with Gasteiger partial charge in [0.15, 0.2) is 0 Å². The van der Waals surface area contributed by atoms with E-state index >= 15 is 0 Å². The van der Waals surface area contributed by atoms with Gasteiger partial charge in [-0.1, -0.05) is 11.6 Å². The van der Waals surface area contributed by atoms with Gasteiger partial charge in [-0.05, 0) is 18.2 Å². The number of carbonyl (C=O) groups is 1. The zero-order valence-corrected chi connectivity index (χ0v) is 10.2. The summed E-state index contributed by atoms with van der Waals surface area (Å²) in [6, 6.07) is 4.94. The number of carboxylic acids is 1. The fourth-order valence-corrected chi connectivity index (χ4v) is 1.54. The molecule has 0 aliphatic heterocycles. The lowest BCUT2D eigenvalue weighted by Gasteiger charge is -2.09. The third-order valence-electron chi connectivity index (χ3n) is 2.29. The lowest BCUT2D eigenvalue weighted by Crippen LogP contribution is -2.05. The number of anilines is 1. The number of benzene rings is 1. The van der Waals surface area contributed by atoms with Gasteiger partial charge >= 0.3 is 5.97 Å². The summed E-state index contributed by atoms with van der Waals surface area (Å²) in [6.45, 7) is 0. The summed E-state index contributed by atoms with van der Waals surface area (Å²) in [7, 11) is 0. The maximum atomic E-state index is 13.0. The molecular formula is C12H8ClFN2O3. The molecule has 0 saturated heterocycles. The van der Waals surface area contributed by atoms with Crippen molar-refractivity contribution in [2.45, 2.75) is 0 Å². The van der Waals surface area contributed by atoms with Gasteiger partial charge in [0.05, 0.1) is 10.6 Å². The minimum Gasteiger partial charge on any atom is -0.478 e. The number of aromatic carboxylic acids is 1. The highest BCUT2D eigenvalue weighted by atomic mass is 35.5. The number of nitrogens with two attached hydrogens (primary N) is 1. The van der Waals surface area contributed by atoms with Crippen LogP contribution >= 0.6 is 11.6 Å². The van der Waals surface area contributed by atoms with Crippen molar-refractivity contribution in [1.82, 2.24) is 4.98 Å². The molecule has 0 radical (unpaired) electrons. The van der Waals surface area contributed by atoms with E-state index in [9.17, 15) is 9.18 Å². The van der Waals surface area contributed by atoms with Crippen LogP contribution in [-0.4, -0.2) is 16.1 Å². The van der Waals surface area contributed by atoms with Crippen LogP contribution in [0.25, 0.3) is 0 Å². The minimum absolute atomic E-state index is 0.0809. The number of hydrogen-bond donors (Lipinski definition) is 2. The quantitative estimate of drug-likeness (QED) is 0.904. The number of carboxylic acid groups (broad SMARTS) is 1. The van der Waals surface area contributed by atoms with Crippen molar-refractivity contribution in [2.24, 2.45) is 0 Å². The van der Waals surface area contributed by atoms with Crippen LogP contribution in [0.3, 0.4) is 0 Å². The largest absolute Gasteiger partial charge is 0.478 e. The second-order valence-electron chi connectivity index (χ2n) is 3.56. The maximum Gasteiger partial charge on any atom is 0.338 e. The van der Waals surface area contributed by atoms with Crippen molar-refractivity contribution in [3.8, 4) is 11.6 Å². The summed E-state index contributed by atoms with van der Waals surface area (Å²) < 4.78 is 18.3. The van der Waals surface area contributed by atoms with Crippen molar-refractivity contribution in [1.29, 1.82) is 0 Å². The Hall–Kier alpha value is -2.34. The first-order chi connectivity index (χ1) is 8.99. The summed E-state index contributed by atoms with van der Waals surface area (Å²) in [5.74, 6) is -1.66. The highest BCUT2D eigenvalue weighted by Crippen LogP contribution is 2.29. The molecule has 98 valence electrons. The Labute approximate surface area is 112 Å². The minimum atomic E-state index is -1.19. The Morgan fingerprint density at radius 3 is 2.79 bits per heavy atom. The Kier molecular flexibility index (Phi) is 3.52. The number of nitrogens with zero attached hydrogens (tertiary/aromatic N) is 1. The molecule has 1 heterocycles. The second kappa shape index (κ2) is 5.11. The van der Waals surface area contributed by atoms with E-state index in [2.05, 4.69) is 4.98 Å². The Bertz CT molecular complexity index is 649. The van der Waals surface area contributed by atoms with E-state index in [1.54, 1.807) is 0 Å². The molecule has 0 saturated carbocycles. The van der Waals surface area contributed by atoms with Crippen LogP contribution < -0.4 is 10.5 Å². The van der Waals surface area contributed by atoms with Crippen LogP contribution in [-0.2, 0) is 0 Å². The van der Waals surface area contributed by atoms with Crippen molar-refractivity contribution in [2.75, 3.05) is 5.73 Å². The molecule has 7 heteroatoms. The van der Waals surface area contributed by atoms with Crippen LogP contribution in [0.1, 0.15) is 10.4 Å². The number of nitrogen functional groups attached to an aromatic ring is 1. The van der Waals surface area contributed by atoms with Crippen LogP contribution in [0.2, 0.25) is 5.02 Å². The summed E-state index contributed by atoms with van der Waals surface area (Å²) in [5, 5.41) is 8.78. The molecule has 1 aromatic carbocycles. The number of pyridine rings is 1. The number of halogens is 2. The summed E-state index contributed by atoms with van der Waals surface area (Å²) >= 11 is 5.60. The first-order valence-corrected chi connectivity index (χ1v) is 5.47. The number of hydrogen-bond acceptors (Lipinski definition) is 4. The lowest BCUT2D eigenvalue weighted by atomic mass is 10.2. The van der Waals surface area contributed by atoms with Gasteiger partial charge in [0, 0.05) is 12.3 Å². The molecule has 0 atom stereocenters. The predicted molar refractivity (Wildman–Crippen MR) is 67.1 cm³/mol. The van der Waals surface area contributed by atoms with E-state index in [1.807, 2.05) is 0 Å². The number of ether oxygens (including phenoxy) is 1. The van der Waals surface area contributed by atoms with E-state index < -0.39 is 11.8 Å². The van der Waals surface area contributed by atoms with Crippen LogP contribution in [0.5, 0.6) is 11.6 Å². The molecular weight excluding hydrogens is 275 g/mol. The topological polar surface area (TPSA) is 85.4 Å². The van der Waals surface area contributed by atoms with E-state index in [4.69, 9.17) is 27.2 Å². The predicted octanol–water partition coefficient (Wildman–Crippen LogP) is 2.95. The average Bonchev–Trinajstić information content (AvgIpc) is 2.36. The van der Waals surface area contributed by atoms with E-state index in [0.717, 1.165) is 6.07 Å². The molecule has 0 fully saturated rings. The fourth-order valence-electron chi connectivity index (χ4n) is 1.37. The Morgan fingerprint density at radius 1 is 1.42 bits per heavy atom. The molecule has 0 unspecified atom stereocenters. The number of aromatic nitrogens is 1. The van der Waals surface area contributed by atoms with Crippen molar-refractivity contribution >= 4 is 23.3 Å².